The van der Waals surface area contributed by atoms with Crippen molar-refractivity contribution in [3.63, 3.8) is 0 Å². The van der Waals surface area contributed by atoms with Gasteiger partial charge in [0.05, 0.1) is 12.2 Å². The van der Waals surface area contributed by atoms with Crippen molar-refractivity contribution in [1.29, 1.82) is 0 Å². The summed E-state index contributed by atoms with van der Waals surface area (Å²) in [6.45, 7) is 0.506. The molecule has 0 bridgehead atoms. The van der Waals surface area contributed by atoms with Crippen molar-refractivity contribution < 1.29 is 4.39 Å². The summed E-state index contributed by atoms with van der Waals surface area (Å²) in [5.41, 5.74) is 6.51. The molecular formula is C10H16FN3. The molecule has 2 unspecified atom stereocenters. The van der Waals surface area contributed by atoms with Crippen LogP contribution in [0.3, 0.4) is 0 Å². The van der Waals surface area contributed by atoms with Gasteiger partial charge in [-0.2, -0.15) is 5.10 Å². The number of hydrogen-bond donors (Lipinski definition) is 1. The van der Waals surface area contributed by atoms with Gasteiger partial charge in [0.1, 0.15) is 6.17 Å². The molecule has 0 radical (unpaired) electrons. The SMILES string of the molecule is NCc1cnn(C2CCCC(F)C2)c1. The van der Waals surface area contributed by atoms with Gasteiger partial charge in [0, 0.05) is 24.7 Å². The molecule has 4 heteroatoms. The second-order valence-corrected chi connectivity index (χ2v) is 3.95. The number of alkyl halides is 1. The molecule has 1 aromatic rings. The minimum absolute atomic E-state index is 0.235. The molecule has 2 N–H and O–H groups in total. The number of hydrogen-bond acceptors (Lipinski definition) is 2. The molecule has 1 aromatic heterocycles. The van der Waals surface area contributed by atoms with Gasteiger partial charge in [-0.25, -0.2) is 4.39 Å². The van der Waals surface area contributed by atoms with Crippen LogP contribution in [0, 0.1) is 0 Å². The van der Waals surface area contributed by atoms with E-state index in [1.807, 2.05) is 10.9 Å². The zero-order valence-corrected chi connectivity index (χ0v) is 8.19. The van der Waals surface area contributed by atoms with Crippen LogP contribution in [0.15, 0.2) is 12.4 Å². The van der Waals surface area contributed by atoms with Gasteiger partial charge in [0.2, 0.25) is 0 Å². The van der Waals surface area contributed by atoms with Gasteiger partial charge in [-0.15, -0.1) is 0 Å². The monoisotopic (exact) mass is 197 g/mol. The van der Waals surface area contributed by atoms with E-state index in [9.17, 15) is 4.39 Å². The Morgan fingerprint density at radius 3 is 3.07 bits per heavy atom. The molecule has 1 aliphatic carbocycles. The number of rotatable bonds is 2. The maximum atomic E-state index is 13.1. The van der Waals surface area contributed by atoms with E-state index >= 15 is 0 Å². The standard InChI is InChI=1S/C10H16FN3/c11-9-2-1-3-10(4-9)14-7-8(5-12)6-13-14/h6-7,9-10H,1-5,12H2. The lowest BCUT2D eigenvalue weighted by molar-refractivity contribution is 0.192. The second kappa shape index (κ2) is 4.09. The average molecular weight is 197 g/mol. The first kappa shape index (κ1) is 9.65. The van der Waals surface area contributed by atoms with Gasteiger partial charge in [-0.3, -0.25) is 4.68 Å². The Bertz CT molecular complexity index is 297. The van der Waals surface area contributed by atoms with Crippen molar-refractivity contribution >= 4 is 0 Å². The Morgan fingerprint density at radius 1 is 1.57 bits per heavy atom. The van der Waals surface area contributed by atoms with Crippen LogP contribution >= 0.6 is 0 Å². The predicted octanol–water partition coefficient (Wildman–Crippen LogP) is 1.79. The third kappa shape index (κ3) is 1.95. The molecule has 0 aromatic carbocycles. The van der Waals surface area contributed by atoms with Crippen LogP contribution in [0.1, 0.15) is 37.3 Å². The van der Waals surface area contributed by atoms with Gasteiger partial charge in [-0.1, -0.05) is 0 Å². The first-order valence-electron chi connectivity index (χ1n) is 5.16. The summed E-state index contributed by atoms with van der Waals surface area (Å²) in [5, 5.41) is 4.22. The fourth-order valence-corrected chi connectivity index (χ4v) is 2.03. The topological polar surface area (TPSA) is 43.8 Å². The van der Waals surface area contributed by atoms with Crippen molar-refractivity contribution in [3.8, 4) is 0 Å². The zero-order chi connectivity index (χ0) is 9.97. The molecular weight excluding hydrogens is 181 g/mol. The minimum Gasteiger partial charge on any atom is -0.326 e. The summed E-state index contributed by atoms with van der Waals surface area (Å²) in [7, 11) is 0. The lowest BCUT2D eigenvalue weighted by Crippen LogP contribution is -2.20. The lowest BCUT2D eigenvalue weighted by atomic mass is 9.94. The largest absolute Gasteiger partial charge is 0.326 e. The van der Waals surface area contributed by atoms with Gasteiger partial charge in [0.15, 0.2) is 0 Å². The lowest BCUT2D eigenvalue weighted by Gasteiger charge is -2.24. The van der Waals surface area contributed by atoms with E-state index < -0.39 is 6.17 Å². The van der Waals surface area contributed by atoms with Crippen molar-refractivity contribution in [2.75, 3.05) is 0 Å². The molecule has 78 valence electrons. The molecule has 1 saturated carbocycles. The highest BCUT2D eigenvalue weighted by atomic mass is 19.1. The van der Waals surface area contributed by atoms with Crippen LogP contribution in [0.2, 0.25) is 0 Å². The summed E-state index contributed by atoms with van der Waals surface area (Å²) in [6.07, 6.45) is 6.35. The van der Waals surface area contributed by atoms with Gasteiger partial charge < -0.3 is 5.73 Å². The fourth-order valence-electron chi connectivity index (χ4n) is 2.03. The molecule has 1 fully saturated rings. The highest BCUT2D eigenvalue weighted by Crippen LogP contribution is 2.29. The summed E-state index contributed by atoms with van der Waals surface area (Å²) in [4.78, 5) is 0. The molecule has 2 atom stereocenters. The molecule has 14 heavy (non-hydrogen) atoms. The Morgan fingerprint density at radius 2 is 2.43 bits per heavy atom. The molecule has 0 spiro atoms. The number of aromatic nitrogens is 2. The first-order chi connectivity index (χ1) is 6.79. The van der Waals surface area contributed by atoms with Crippen LogP contribution in [0.4, 0.5) is 4.39 Å². The normalized spacial score (nSPS) is 27.9. The highest BCUT2D eigenvalue weighted by molar-refractivity contribution is 5.03. The summed E-state index contributed by atoms with van der Waals surface area (Å²) < 4.78 is 15.0. The van der Waals surface area contributed by atoms with Crippen molar-refractivity contribution in [2.24, 2.45) is 5.73 Å². The van der Waals surface area contributed by atoms with Crippen LogP contribution in [-0.4, -0.2) is 16.0 Å². The van der Waals surface area contributed by atoms with Gasteiger partial charge in [0.25, 0.3) is 0 Å². The highest BCUT2D eigenvalue weighted by Gasteiger charge is 2.23. The molecule has 0 amide bonds. The maximum absolute atomic E-state index is 13.1. The quantitative estimate of drug-likeness (QED) is 0.785. The molecule has 2 rings (SSSR count). The van der Waals surface area contributed by atoms with Crippen molar-refractivity contribution in [2.45, 2.75) is 44.4 Å². The van der Waals surface area contributed by atoms with E-state index in [0.29, 0.717) is 19.4 Å². The van der Waals surface area contributed by atoms with Crippen molar-refractivity contribution in [1.82, 2.24) is 9.78 Å². The number of nitrogens with zero attached hydrogens (tertiary/aromatic N) is 2. The Labute approximate surface area is 83.1 Å². The van der Waals surface area contributed by atoms with Crippen LogP contribution in [0.25, 0.3) is 0 Å². The van der Waals surface area contributed by atoms with E-state index in [4.69, 9.17) is 5.73 Å². The van der Waals surface area contributed by atoms with E-state index in [-0.39, 0.29) is 6.04 Å². The van der Waals surface area contributed by atoms with Gasteiger partial charge in [-0.05, 0) is 19.3 Å². The summed E-state index contributed by atoms with van der Waals surface area (Å²) in [6, 6.07) is 0.235. The van der Waals surface area contributed by atoms with Crippen molar-refractivity contribution in [3.05, 3.63) is 18.0 Å². The van der Waals surface area contributed by atoms with Gasteiger partial charge >= 0.3 is 0 Å². The fraction of sp³-hybridized carbons (Fsp3) is 0.700. The third-order valence-electron chi connectivity index (χ3n) is 2.85. The van der Waals surface area contributed by atoms with E-state index in [0.717, 1.165) is 18.4 Å². The van der Waals surface area contributed by atoms with Crippen LogP contribution in [-0.2, 0) is 6.54 Å². The Balaban J connectivity index is 2.06. The molecule has 0 saturated heterocycles. The molecule has 1 heterocycles. The third-order valence-corrected chi connectivity index (χ3v) is 2.85. The van der Waals surface area contributed by atoms with Crippen LogP contribution in [0.5, 0.6) is 0 Å². The molecule has 0 aliphatic heterocycles. The smallest absolute Gasteiger partial charge is 0.102 e. The Kier molecular flexibility index (Phi) is 2.82. The second-order valence-electron chi connectivity index (χ2n) is 3.95. The zero-order valence-electron chi connectivity index (χ0n) is 8.19. The summed E-state index contributed by atoms with van der Waals surface area (Å²) in [5.74, 6) is 0. The average Bonchev–Trinajstić information content (AvgIpc) is 2.66. The van der Waals surface area contributed by atoms with Crippen LogP contribution < -0.4 is 5.73 Å². The molecule has 3 nitrogen and oxygen atoms in total. The number of halogens is 1. The Hall–Kier alpha value is -0.900. The summed E-state index contributed by atoms with van der Waals surface area (Å²) >= 11 is 0. The first-order valence-corrected chi connectivity index (χ1v) is 5.16. The minimum atomic E-state index is -0.653. The van der Waals surface area contributed by atoms with E-state index in [1.54, 1.807) is 6.20 Å². The maximum Gasteiger partial charge on any atom is 0.102 e. The number of nitrogens with two attached hydrogens (primary N) is 1. The predicted molar refractivity (Wildman–Crippen MR) is 52.5 cm³/mol. The van der Waals surface area contributed by atoms with E-state index in [1.165, 1.54) is 0 Å². The molecule has 1 aliphatic rings. The van der Waals surface area contributed by atoms with E-state index in [2.05, 4.69) is 5.10 Å².